The van der Waals surface area contributed by atoms with Crippen molar-refractivity contribution in [3.63, 3.8) is 0 Å². The molecule has 0 bridgehead atoms. The zero-order valence-electron chi connectivity index (χ0n) is 15.8. The van der Waals surface area contributed by atoms with E-state index in [4.69, 9.17) is 4.74 Å². The van der Waals surface area contributed by atoms with Crippen molar-refractivity contribution in [3.8, 4) is 5.75 Å². The maximum atomic E-state index is 13.2. The maximum Gasteiger partial charge on any atom is 0.246 e. The lowest BCUT2D eigenvalue weighted by Crippen LogP contribution is -2.43. The number of carbonyl (C=O) groups excluding carboxylic acids is 1. The summed E-state index contributed by atoms with van der Waals surface area (Å²) < 4.78 is 33.9. The summed E-state index contributed by atoms with van der Waals surface area (Å²) in [4.78, 5) is 12.8. The van der Waals surface area contributed by atoms with Gasteiger partial charge in [-0.05, 0) is 55.7 Å². The van der Waals surface area contributed by atoms with E-state index in [1.807, 2.05) is 31.2 Å². The van der Waals surface area contributed by atoms with E-state index >= 15 is 0 Å². The Balaban J connectivity index is 1.79. The molecule has 1 amide bonds. The number of benzene rings is 2. The number of hydrogen-bond acceptors (Lipinski definition) is 4. The number of halogens is 1. The highest BCUT2D eigenvalue weighted by Gasteiger charge is 2.35. The molecule has 2 aromatic rings. The summed E-state index contributed by atoms with van der Waals surface area (Å²) >= 11 is 3.38. The molecule has 1 fully saturated rings. The van der Waals surface area contributed by atoms with Gasteiger partial charge in [-0.15, -0.1) is 0 Å². The van der Waals surface area contributed by atoms with Gasteiger partial charge >= 0.3 is 0 Å². The van der Waals surface area contributed by atoms with Gasteiger partial charge in [-0.25, -0.2) is 8.42 Å². The SMILES string of the molecule is COc1ccc(C)cc1S(=O)(=O)N1CCCC(C(=O)Nc2cccc(Br)c2)C1. The number of aryl methyl sites for hydroxylation is 1. The molecule has 8 heteroatoms. The summed E-state index contributed by atoms with van der Waals surface area (Å²) in [6, 6.07) is 12.4. The predicted octanol–water partition coefficient (Wildman–Crippen LogP) is 3.81. The van der Waals surface area contributed by atoms with Crippen LogP contribution in [0.25, 0.3) is 0 Å². The zero-order valence-corrected chi connectivity index (χ0v) is 18.2. The van der Waals surface area contributed by atoms with Gasteiger partial charge in [0.1, 0.15) is 10.6 Å². The van der Waals surface area contributed by atoms with Crippen molar-refractivity contribution in [2.24, 2.45) is 5.92 Å². The minimum absolute atomic E-state index is 0.142. The summed E-state index contributed by atoms with van der Waals surface area (Å²) in [6.07, 6.45) is 1.28. The van der Waals surface area contributed by atoms with E-state index in [2.05, 4.69) is 21.2 Å². The first-order chi connectivity index (χ1) is 13.3. The van der Waals surface area contributed by atoms with Gasteiger partial charge in [0.05, 0.1) is 13.0 Å². The minimum atomic E-state index is -3.75. The first-order valence-electron chi connectivity index (χ1n) is 9.02. The highest BCUT2D eigenvalue weighted by Crippen LogP contribution is 2.31. The largest absolute Gasteiger partial charge is 0.495 e. The fourth-order valence-corrected chi connectivity index (χ4v) is 5.47. The fourth-order valence-electron chi connectivity index (χ4n) is 3.31. The molecule has 0 saturated carbocycles. The van der Waals surface area contributed by atoms with Gasteiger partial charge in [0.25, 0.3) is 0 Å². The van der Waals surface area contributed by atoms with Crippen molar-refractivity contribution in [2.75, 3.05) is 25.5 Å². The van der Waals surface area contributed by atoms with E-state index in [0.717, 1.165) is 10.0 Å². The van der Waals surface area contributed by atoms with Crippen LogP contribution >= 0.6 is 15.9 Å². The molecule has 1 aliphatic heterocycles. The first-order valence-corrected chi connectivity index (χ1v) is 11.3. The Morgan fingerprint density at radius 1 is 1.25 bits per heavy atom. The Labute approximate surface area is 174 Å². The predicted molar refractivity (Wildman–Crippen MR) is 112 cm³/mol. The number of carbonyl (C=O) groups is 1. The van der Waals surface area contributed by atoms with Gasteiger partial charge in [0.2, 0.25) is 15.9 Å². The number of piperidine rings is 1. The van der Waals surface area contributed by atoms with Crippen LogP contribution in [0.3, 0.4) is 0 Å². The number of methoxy groups -OCH3 is 1. The molecule has 1 aliphatic rings. The molecule has 1 unspecified atom stereocenters. The first kappa shape index (κ1) is 20.8. The van der Waals surface area contributed by atoms with Crippen molar-refractivity contribution in [2.45, 2.75) is 24.7 Å². The van der Waals surface area contributed by atoms with Gasteiger partial charge in [0.15, 0.2) is 0 Å². The second-order valence-electron chi connectivity index (χ2n) is 6.86. The number of nitrogens with zero attached hydrogens (tertiary/aromatic N) is 1. The number of amides is 1. The quantitative estimate of drug-likeness (QED) is 0.726. The third-order valence-electron chi connectivity index (χ3n) is 4.78. The van der Waals surface area contributed by atoms with Gasteiger partial charge in [0, 0.05) is 23.2 Å². The van der Waals surface area contributed by atoms with E-state index in [0.29, 0.717) is 30.8 Å². The molecular weight excluding hydrogens is 444 g/mol. The highest BCUT2D eigenvalue weighted by atomic mass is 79.9. The molecule has 0 aliphatic carbocycles. The van der Waals surface area contributed by atoms with E-state index in [1.54, 1.807) is 18.2 Å². The number of rotatable bonds is 5. The Kier molecular flexibility index (Phi) is 6.42. The molecule has 1 atom stereocenters. The molecule has 0 spiro atoms. The molecule has 2 aromatic carbocycles. The van der Waals surface area contributed by atoms with Crippen molar-refractivity contribution in [3.05, 3.63) is 52.5 Å². The third-order valence-corrected chi connectivity index (χ3v) is 7.16. The molecular formula is C20H23BrN2O4S. The second-order valence-corrected chi connectivity index (χ2v) is 9.68. The molecule has 1 saturated heterocycles. The molecule has 0 radical (unpaired) electrons. The maximum absolute atomic E-state index is 13.2. The van der Waals surface area contributed by atoms with Crippen molar-refractivity contribution in [1.29, 1.82) is 0 Å². The number of anilines is 1. The summed E-state index contributed by atoms with van der Waals surface area (Å²) in [7, 11) is -2.30. The Morgan fingerprint density at radius 3 is 2.75 bits per heavy atom. The van der Waals surface area contributed by atoms with Crippen LogP contribution in [0, 0.1) is 12.8 Å². The number of sulfonamides is 1. The highest BCUT2D eigenvalue weighted by molar-refractivity contribution is 9.10. The van der Waals surface area contributed by atoms with Crippen molar-refractivity contribution in [1.82, 2.24) is 4.31 Å². The monoisotopic (exact) mass is 466 g/mol. The van der Waals surface area contributed by atoms with Crippen LogP contribution in [0.15, 0.2) is 51.8 Å². The van der Waals surface area contributed by atoms with E-state index in [-0.39, 0.29) is 17.3 Å². The molecule has 1 N–H and O–H groups in total. The number of hydrogen-bond donors (Lipinski definition) is 1. The Hall–Kier alpha value is -1.90. The van der Waals surface area contributed by atoms with Crippen LogP contribution in [0.5, 0.6) is 5.75 Å². The van der Waals surface area contributed by atoms with Crippen LogP contribution in [0.2, 0.25) is 0 Å². The summed E-state index contributed by atoms with van der Waals surface area (Å²) in [5.41, 5.74) is 1.51. The molecule has 28 heavy (non-hydrogen) atoms. The summed E-state index contributed by atoms with van der Waals surface area (Å²) in [5, 5.41) is 2.88. The standard InChI is InChI=1S/C20H23BrN2O4S/c1-14-8-9-18(27-2)19(11-14)28(25,26)23-10-4-5-15(13-23)20(24)22-17-7-3-6-16(21)12-17/h3,6-9,11-12,15H,4-5,10,13H2,1-2H3,(H,22,24). The van der Waals surface area contributed by atoms with Crippen LogP contribution in [0.4, 0.5) is 5.69 Å². The molecule has 0 aromatic heterocycles. The Bertz CT molecular complexity index is 978. The average Bonchev–Trinajstić information content (AvgIpc) is 2.68. The van der Waals surface area contributed by atoms with Crippen molar-refractivity contribution < 1.29 is 17.9 Å². The van der Waals surface area contributed by atoms with E-state index in [9.17, 15) is 13.2 Å². The second kappa shape index (κ2) is 8.63. The normalized spacial score (nSPS) is 17.9. The minimum Gasteiger partial charge on any atom is -0.495 e. The summed E-state index contributed by atoms with van der Waals surface area (Å²) in [5.74, 6) is -0.265. The lowest BCUT2D eigenvalue weighted by atomic mass is 9.99. The van der Waals surface area contributed by atoms with Gasteiger partial charge in [-0.2, -0.15) is 4.31 Å². The zero-order chi connectivity index (χ0) is 20.3. The fraction of sp³-hybridized carbons (Fsp3) is 0.350. The number of nitrogens with one attached hydrogen (secondary N) is 1. The van der Waals surface area contributed by atoms with Gasteiger partial charge < -0.3 is 10.1 Å². The summed E-state index contributed by atoms with van der Waals surface area (Å²) in [6.45, 7) is 2.38. The van der Waals surface area contributed by atoms with Gasteiger partial charge in [-0.3, -0.25) is 4.79 Å². The van der Waals surface area contributed by atoms with Crippen molar-refractivity contribution >= 4 is 37.5 Å². The smallest absolute Gasteiger partial charge is 0.246 e. The Morgan fingerprint density at radius 2 is 2.04 bits per heavy atom. The molecule has 150 valence electrons. The van der Waals surface area contributed by atoms with Gasteiger partial charge in [-0.1, -0.05) is 28.1 Å². The van der Waals surface area contributed by atoms with Crippen LogP contribution < -0.4 is 10.1 Å². The molecule has 1 heterocycles. The van der Waals surface area contributed by atoms with Crippen LogP contribution in [0.1, 0.15) is 18.4 Å². The number of ether oxygens (including phenoxy) is 1. The molecule has 3 rings (SSSR count). The van der Waals surface area contributed by atoms with Crippen LogP contribution in [-0.2, 0) is 14.8 Å². The molecule has 6 nitrogen and oxygen atoms in total. The topological polar surface area (TPSA) is 75.7 Å². The lowest BCUT2D eigenvalue weighted by molar-refractivity contribution is -0.120. The van der Waals surface area contributed by atoms with E-state index in [1.165, 1.54) is 11.4 Å². The average molecular weight is 467 g/mol. The lowest BCUT2D eigenvalue weighted by Gasteiger charge is -2.31. The van der Waals surface area contributed by atoms with Crippen LogP contribution in [-0.4, -0.2) is 38.8 Å². The van der Waals surface area contributed by atoms with E-state index < -0.39 is 15.9 Å². The third kappa shape index (κ3) is 4.56.